The van der Waals surface area contributed by atoms with Gasteiger partial charge in [0.05, 0.1) is 0 Å². The van der Waals surface area contributed by atoms with E-state index in [0.717, 1.165) is 22.3 Å². The second-order valence-electron chi connectivity index (χ2n) is 5.19. The number of ketones is 1. The highest BCUT2D eigenvalue weighted by Gasteiger charge is 2.36. The molecule has 0 fully saturated rings. The minimum absolute atomic E-state index is 0.0941. The molecule has 3 rings (SSSR count). The van der Waals surface area contributed by atoms with Crippen LogP contribution >= 0.6 is 11.6 Å². The molecule has 18 heavy (non-hydrogen) atoms. The van der Waals surface area contributed by atoms with Crippen molar-refractivity contribution in [2.75, 3.05) is 0 Å². The van der Waals surface area contributed by atoms with Crippen molar-refractivity contribution in [2.45, 2.75) is 19.3 Å². The quantitative estimate of drug-likeness (QED) is 0.690. The summed E-state index contributed by atoms with van der Waals surface area (Å²) in [5.74, 6) is 0.0941. The van der Waals surface area contributed by atoms with E-state index in [2.05, 4.69) is 13.8 Å². The predicted molar refractivity (Wildman–Crippen MR) is 73.5 cm³/mol. The molecule has 1 aliphatic carbocycles. The highest BCUT2D eigenvalue weighted by atomic mass is 35.5. The molecule has 1 nitrogen and oxygen atoms in total. The predicted octanol–water partition coefficient (Wildman–Crippen LogP) is 4.21. The van der Waals surface area contributed by atoms with Gasteiger partial charge in [0, 0.05) is 21.6 Å². The number of rotatable bonds is 0. The van der Waals surface area contributed by atoms with Gasteiger partial charge in [-0.05, 0) is 29.3 Å². The number of fused-ring (bicyclic) bond motifs is 2. The van der Waals surface area contributed by atoms with Crippen molar-refractivity contribution in [1.29, 1.82) is 0 Å². The number of benzene rings is 2. The van der Waals surface area contributed by atoms with Gasteiger partial charge in [-0.2, -0.15) is 0 Å². The summed E-state index contributed by atoms with van der Waals surface area (Å²) in [6.45, 7) is 4.26. The molecule has 1 aliphatic rings. The smallest absolute Gasteiger partial charge is 0.193 e. The van der Waals surface area contributed by atoms with Gasteiger partial charge in [-0.25, -0.2) is 0 Å². The standard InChI is InChI=1S/C16H13ClO/c1-16(2)13-6-4-3-5-11(13)15(18)12-8-7-10(17)9-14(12)16/h3-9H,1-2H3. The van der Waals surface area contributed by atoms with Crippen LogP contribution in [0.3, 0.4) is 0 Å². The summed E-state index contributed by atoms with van der Waals surface area (Å²) < 4.78 is 0. The molecule has 90 valence electrons. The first-order valence-electron chi connectivity index (χ1n) is 5.96. The van der Waals surface area contributed by atoms with E-state index in [1.807, 2.05) is 36.4 Å². The molecule has 0 saturated heterocycles. The van der Waals surface area contributed by atoms with Crippen LogP contribution in [0.15, 0.2) is 42.5 Å². The lowest BCUT2D eigenvalue weighted by molar-refractivity contribution is 0.103. The molecule has 0 N–H and O–H groups in total. The summed E-state index contributed by atoms with van der Waals surface area (Å²) in [5.41, 5.74) is 3.47. The average Bonchev–Trinajstić information content (AvgIpc) is 2.36. The number of hydrogen-bond acceptors (Lipinski definition) is 1. The minimum atomic E-state index is -0.190. The van der Waals surface area contributed by atoms with Crippen molar-refractivity contribution in [1.82, 2.24) is 0 Å². The summed E-state index contributed by atoms with van der Waals surface area (Å²) in [6.07, 6.45) is 0. The summed E-state index contributed by atoms with van der Waals surface area (Å²) in [5, 5.41) is 0.675. The zero-order valence-electron chi connectivity index (χ0n) is 10.3. The summed E-state index contributed by atoms with van der Waals surface area (Å²) >= 11 is 6.07. The fraction of sp³-hybridized carbons (Fsp3) is 0.188. The van der Waals surface area contributed by atoms with E-state index in [4.69, 9.17) is 11.6 Å². The van der Waals surface area contributed by atoms with Crippen molar-refractivity contribution in [3.8, 4) is 0 Å². The van der Waals surface area contributed by atoms with Crippen LogP contribution in [0, 0.1) is 0 Å². The molecule has 0 spiro atoms. The van der Waals surface area contributed by atoms with Crippen LogP contribution in [0.5, 0.6) is 0 Å². The molecule has 2 heteroatoms. The average molecular weight is 257 g/mol. The third kappa shape index (κ3) is 1.44. The van der Waals surface area contributed by atoms with Gasteiger partial charge < -0.3 is 0 Å². The van der Waals surface area contributed by atoms with Crippen molar-refractivity contribution in [2.24, 2.45) is 0 Å². The van der Waals surface area contributed by atoms with Crippen LogP contribution < -0.4 is 0 Å². The van der Waals surface area contributed by atoms with E-state index in [9.17, 15) is 4.79 Å². The van der Waals surface area contributed by atoms with Gasteiger partial charge >= 0.3 is 0 Å². The number of carbonyl (C=O) groups excluding carboxylic acids is 1. The Morgan fingerprint density at radius 1 is 0.944 bits per heavy atom. The van der Waals surface area contributed by atoms with E-state index in [1.165, 1.54) is 0 Å². The second kappa shape index (κ2) is 3.69. The van der Waals surface area contributed by atoms with Crippen molar-refractivity contribution >= 4 is 17.4 Å². The van der Waals surface area contributed by atoms with Crippen LogP contribution in [0.4, 0.5) is 0 Å². The lowest BCUT2D eigenvalue weighted by atomic mass is 9.68. The maximum absolute atomic E-state index is 12.5. The number of halogens is 1. The summed E-state index contributed by atoms with van der Waals surface area (Å²) in [4.78, 5) is 12.5. The maximum Gasteiger partial charge on any atom is 0.193 e. The molecule has 0 atom stereocenters. The van der Waals surface area contributed by atoms with E-state index in [1.54, 1.807) is 6.07 Å². The first kappa shape index (κ1) is 11.5. The van der Waals surface area contributed by atoms with Crippen molar-refractivity contribution in [3.05, 3.63) is 69.7 Å². The number of hydrogen-bond donors (Lipinski definition) is 0. The molecule has 0 heterocycles. The normalized spacial score (nSPS) is 16.1. The summed E-state index contributed by atoms with van der Waals surface area (Å²) in [7, 11) is 0. The first-order valence-corrected chi connectivity index (χ1v) is 6.34. The molecular weight excluding hydrogens is 244 g/mol. The third-order valence-corrected chi connectivity index (χ3v) is 3.98. The van der Waals surface area contributed by atoms with Crippen LogP contribution in [-0.2, 0) is 5.41 Å². The topological polar surface area (TPSA) is 17.1 Å². The molecular formula is C16H13ClO. The minimum Gasteiger partial charge on any atom is -0.289 e. The number of carbonyl (C=O) groups is 1. The fourth-order valence-corrected chi connectivity index (χ4v) is 2.92. The van der Waals surface area contributed by atoms with E-state index in [-0.39, 0.29) is 11.2 Å². The molecule has 0 amide bonds. The molecule has 0 aliphatic heterocycles. The van der Waals surface area contributed by atoms with Gasteiger partial charge in [0.2, 0.25) is 0 Å². The lowest BCUT2D eigenvalue weighted by Gasteiger charge is -2.34. The van der Waals surface area contributed by atoms with E-state index in [0.29, 0.717) is 5.02 Å². The van der Waals surface area contributed by atoms with Gasteiger partial charge in [-0.15, -0.1) is 0 Å². The molecule has 2 aromatic carbocycles. The molecule has 0 saturated carbocycles. The van der Waals surface area contributed by atoms with E-state index >= 15 is 0 Å². The molecule has 0 bridgehead atoms. The zero-order chi connectivity index (χ0) is 12.9. The first-order chi connectivity index (χ1) is 8.51. The SMILES string of the molecule is CC1(C)c2ccccc2C(=O)c2ccc(Cl)cc21. The van der Waals surface area contributed by atoms with Crippen LogP contribution in [-0.4, -0.2) is 5.78 Å². The largest absolute Gasteiger partial charge is 0.289 e. The molecule has 2 aromatic rings. The van der Waals surface area contributed by atoms with Gasteiger partial charge in [-0.3, -0.25) is 4.79 Å². The molecule has 0 aromatic heterocycles. The Bertz CT molecular complexity index is 656. The highest BCUT2D eigenvalue weighted by molar-refractivity contribution is 6.31. The fourth-order valence-electron chi connectivity index (χ4n) is 2.75. The molecule has 0 radical (unpaired) electrons. The van der Waals surface area contributed by atoms with Crippen LogP contribution in [0.2, 0.25) is 5.02 Å². The van der Waals surface area contributed by atoms with E-state index < -0.39 is 0 Å². The Morgan fingerprint density at radius 2 is 1.61 bits per heavy atom. The summed E-state index contributed by atoms with van der Waals surface area (Å²) in [6, 6.07) is 13.3. The Kier molecular flexibility index (Phi) is 2.36. The lowest BCUT2D eigenvalue weighted by Crippen LogP contribution is -2.30. The highest BCUT2D eigenvalue weighted by Crippen LogP contribution is 2.41. The maximum atomic E-state index is 12.5. The van der Waals surface area contributed by atoms with Gasteiger partial charge in [0.15, 0.2) is 5.78 Å². The van der Waals surface area contributed by atoms with Crippen molar-refractivity contribution in [3.63, 3.8) is 0 Å². The van der Waals surface area contributed by atoms with Crippen molar-refractivity contribution < 1.29 is 4.79 Å². The van der Waals surface area contributed by atoms with Gasteiger partial charge in [0.25, 0.3) is 0 Å². The Labute approximate surface area is 111 Å². The second-order valence-corrected chi connectivity index (χ2v) is 5.63. The zero-order valence-corrected chi connectivity index (χ0v) is 11.1. The van der Waals surface area contributed by atoms with Crippen LogP contribution in [0.25, 0.3) is 0 Å². The van der Waals surface area contributed by atoms with Gasteiger partial charge in [0.1, 0.15) is 0 Å². The Hall–Kier alpha value is -1.60. The van der Waals surface area contributed by atoms with Gasteiger partial charge in [-0.1, -0.05) is 49.7 Å². The Balaban J connectivity index is 2.37. The third-order valence-electron chi connectivity index (χ3n) is 3.74. The molecule has 0 unspecified atom stereocenters. The monoisotopic (exact) mass is 256 g/mol. The van der Waals surface area contributed by atoms with Crippen LogP contribution in [0.1, 0.15) is 40.9 Å². The Morgan fingerprint density at radius 3 is 2.39 bits per heavy atom.